The average molecular weight is 470 g/mol. The number of para-hydroxylation sites is 2. The van der Waals surface area contributed by atoms with Gasteiger partial charge in [-0.05, 0) is 53.9 Å². The van der Waals surface area contributed by atoms with Crippen molar-refractivity contribution in [3.63, 3.8) is 0 Å². The van der Waals surface area contributed by atoms with Gasteiger partial charge < -0.3 is 20.1 Å². The molecule has 6 heteroatoms. The SMILES string of the molecule is CC(C)(C)c1ccccc1Oc1ncccc1N1c2ccc(Oc3ccccc3)cc2SC1N. The molecule has 3 aromatic carbocycles. The Morgan fingerprint density at radius 3 is 2.38 bits per heavy atom. The van der Waals surface area contributed by atoms with Crippen molar-refractivity contribution in [2.24, 2.45) is 5.73 Å². The molecule has 0 saturated carbocycles. The molecule has 0 spiro atoms. The van der Waals surface area contributed by atoms with Gasteiger partial charge in [-0.2, -0.15) is 0 Å². The fourth-order valence-electron chi connectivity index (χ4n) is 3.99. The van der Waals surface area contributed by atoms with Crippen molar-refractivity contribution >= 4 is 23.1 Å². The summed E-state index contributed by atoms with van der Waals surface area (Å²) in [7, 11) is 0. The minimum absolute atomic E-state index is 0.0623. The van der Waals surface area contributed by atoms with Gasteiger partial charge in [0, 0.05) is 16.7 Å². The van der Waals surface area contributed by atoms with Crippen molar-refractivity contribution in [2.45, 2.75) is 36.6 Å². The highest BCUT2D eigenvalue weighted by atomic mass is 32.2. The van der Waals surface area contributed by atoms with Crippen LogP contribution < -0.4 is 20.1 Å². The molecule has 0 fully saturated rings. The first-order valence-corrected chi connectivity index (χ1v) is 12.1. The van der Waals surface area contributed by atoms with E-state index in [0.29, 0.717) is 5.88 Å². The summed E-state index contributed by atoms with van der Waals surface area (Å²) in [6, 6.07) is 27.8. The second kappa shape index (κ2) is 9.05. The Kier molecular flexibility index (Phi) is 5.94. The van der Waals surface area contributed by atoms with Gasteiger partial charge in [0.1, 0.15) is 28.4 Å². The quantitative estimate of drug-likeness (QED) is 0.327. The first-order valence-electron chi connectivity index (χ1n) is 11.2. The zero-order valence-corrected chi connectivity index (χ0v) is 20.3. The Labute approximate surface area is 204 Å². The van der Waals surface area contributed by atoms with Crippen LogP contribution in [0.2, 0.25) is 0 Å². The molecule has 1 unspecified atom stereocenters. The topological polar surface area (TPSA) is 60.6 Å². The highest BCUT2D eigenvalue weighted by molar-refractivity contribution is 8.00. The molecule has 0 aliphatic carbocycles. The Morgan fingerprint density at radius 2 is 1.59 bits per heavy atom. The van der Waals surface area contributed by atoms with Crippen LogP contribution in [-0.2, 0) is 5.41 Å². The Bertz CT molecular complexity index is 1300. The van der Waals surface area contributed by atoms with E-state index in [4.69, 9.17) is 15.2 Å². The number of rotatable bonds is 5. The van der Waals surface area contributed by atoms with Crippen LogP contribution in [0.4, 0.5) is 11.4 Å². The molecule has 0 amide bonds. The van der Waals surface area contributed by atoms with Crippen LogP contribution in [-0.4, -0.2) is 10.5 Å². The maximum absolute atomic E-state index is 6.59. The van der Waals surface area contributed by atoms with E-state index in [1.54, 1.807) is 18.0 Å². The first kappa shape index (κ1) is 22.3. The van der Waals surface area contributed by atoms with Gasteiger partial charge >= 0.3 is 0 Å². The molecule has 34 heavy (non-hydrogen) atoms. The minimum atomic E-state index is -0.314. The molecule has 172 valence electrons. The summed E-state index contributed by atoms with van der Waals surface area (Å²) in [6.45, 7) is 6.52. The number of aromatic nitrogens is 1. The fraction of sp³-hybridized carbons (Fsp3) is 0.179. The van der Waals surface area contributed by atoms with Crippen LogP contribution in [0, 0.1) is 0 Å². The van der Waals surface area contributed by atoms with Crippen LogP contribution in [0.15, 0.2) is 96.0 Å². The largest absolute Gasteiger partial charge is 0.457 e. The number of hydrogen-bond donors (Lipinski definition) is 1. The van der Waals surface area contributed by atoms with Crippen LogP contribution >= 0.6 is 11.8 Å². The van der Waals surface area contributed by atoms with E-state index < -0.39 is 0 Å². The summed E-state index contributed by atoms with van der Waals surface area (Å²) in [5.74, 6) is 2.88. The third kappa shape index (κ3) is 4.47. The lowest BCUT2D eigenvalue weighted by atomic mass is 9.86. The Hall–Kier alpha value is -3.48. The number of nitrogens with zero attached hydrogens (tertiary/aromatic N) is 2. The zero-order chi connectivity index (χ0) is 23.7. The zero-order valence-electron chi connectivity index (χ0n) is 19.4. The summed E-state index contributed by atoms with van der Waals surface area (Å²) < 4.78 is 12.4. The number of fused-ring (bicyclic) bond motifs is 1. The van der Waals surface area contributed by atoms with E-state index in [-0.39, 0.29) is 10.9 Å². The van der Waals surface area contributed by atoms with E-state index >= 15 is 0 Å². The maximum Gasteiger partial charge on any atom is 0.243 e. The molecule has 2 N–H and O–H groups in total. The second-order valence-electron chi connectivity index (χ2n) is 9.10. The molecule has 1 aromatic heterocycles. The number of hydrogen-bond acceptors (Lipinski definition) is 6. The van der Waals surface area contributed by atoms with E-state index in [9.17, 15) is 0 Å². The van der Waals surface area contributed by atoms with Crippen LogP contribution in [0.25, 0.3) is 0 Å². The molecule has 5 rings (SSSR count). The maximum atomic E-state index is 6.59. The highest BCUT2D eigenvalue weighted by Crippen LogP contribution is 2.49. The predicted octanol–water partition coefficient (Wildman–Crippen LogP) is 7.45. The average Bonchev–Trinajstić information content (AvgIpc) is 3.14. The van der Waals surface area contributed by atoms with Gasteiger partial charge in [-0.25, -0.2) is 4.98 Å². The summed E-state index contributed by atoms with van der Waals surface area (Å²) in [6.07, 6.45) is 1.74. The Morgan fingerprint density at radius 1 is 0.824 bits per heavy atom. The van der Waals surface area contributed by atoms with Crippen molar-refractivity contribution in [3.05, 3.63) is 96.7 Å². The molecule has 4 aromatic rings. The highest BCUT2D eigenvalue weighted by Gasteiger charge is 2.32. The van der Waals surface area contributed by atoms with Crippen LogP contribution in [0.3, 0.4) is 0 Å². The lowest BCUT2D eigenvalue weighted by molar-refractivity contribution is 0.440. The van der Waals surface area contributed by atoms with E-state index in [2.05, 4.69) is 36.7 Å². The van der Waals surface area contributed by atoms with Crippen molar-refractivity contribution in [2.75, 3.05) is 4.90 Å². The number of pyridine rings is 1. The fourth-order valence-corrected chi connectivity index (χ4v) is 5.05. The second-order valence-corrected chi connectivity index (χ2v) is 10.3. The number of anilines is 2. The van der Waals surface area contributed by atoms with Crippen molar-refractivity contribution in [1.82, 2.24) is 4.98 Å². The minimum Gasteiger partial charge on any atom is -0.457 e. The van der Waals surface area contributed by atoms with Crippen molar-refractivity contribution < 1.29 is 9.47 Å². The molecule has 1 aliphatic heterocycles. The monoisotopic (exact) mass is 469 g/mol. The molecule has 5 nitrogen and oxygen atoms in total. The molecule has 1 atom stereocenters. The number of ether oxygens (including phenoxy) is 2. The number of nitrogens with two attached hydrogens (primary N) is 1. The number of benzene rings is 3. The summed E-state index contributed by atoms with van der Waals surface area (Å²) in [5.41, 5.74) is 9.16. The molecular weight excluding hydrogens is 442 g/mol. The van der Waals surface area contributed by atoms with Crippen LogP contribution in [0.5, 0.6) is 23.1 Å². The lowest BCUT2D eigenvalue weighted by Gasteiger charge is -2.26. The Balaban J connectivity index is 1.48. The van der Waals surface area contributed by atoms with Gasteiger partial charge in [-0.1, -0.05) is 68.9 Å². The smallest absolute Gasteiger partial charge is 0.243 e. The molecule has 0 saturated heterocycles. The van der Waals surface area contributed by atoms with Crippen LogP contribution in [0.1, 0.15) is 26.3 Å². The molecule has 2 heterocycles. The van der Waals surface area contributed by atoms with E-state index in [0.717, 1.165) is 39.1 Å². The first-order chi connectivity index (χ1) is 16.4. The van der Waals surface area contributed by atoms with Crippen molar-refractivity contribution in [3.8, 4) is 23.1 Å². The summed E-state index contributed by atoms with van der Waals surface area (Å²) >= 11 is 1.58. The van der Waals surface area contributed by atoms with Gasteiger partial charge in [0.25, 0.3) is 0 Å². The standard InChI is InChI=1S/C28H27N3O2S/c1-28(2,3)21-12-7-8-14-24(21)33-26-23(13-9-17-30-26)31-22-16-15-20(18-25(22)34-27(31)29)32-19-10-5-4-6-11-19/h4-18,27H,29H2,1-3H3. The molecule has 0 bridgehead atoms. The normalized spacial score (nSPS) is 15.2. The van der Waals surface area contributed by atoms with Gasteiger partial charge in [0.15, 0.2) is 0 Å². The molecule has 1 aliphatic rings. The van der Waals surface area contributed by atoms with E-state index in [1.165, 1.54) is 0 Å². The van der Waals surface area contributed by atoms with Crippen molar-refractivity contribution in [1.29, 1.82) is 0 Å². The van der Waals surface area contributed by atoms with Gasteiger partial charge in [0.2, 0.25) is 5.88 Å². The van der Waals surface area contributed by atoms with E-state index in [1.807, 2.05) is 78.9 Å². The number of thioether (sulfide) groups is 1. The van der Waals surface area contributed by atoms with Gasteiger partial charge in [-0.15, -0.1) is 0 Å². The van der Waals surface area contributed by atoms with Gasteiger partial charge in [0.05, 0.1) is 5.69 Å². The molecule has 0 radical (unpaired) electrons. The van der Waals surface area contributed by atoms with Gasteiger partial charge in [-0.3, -0.25) is 0 Å². The predicted molar refractivity (Wildman–Crippen MR) is 138 cm³/mol. The summed E-state index contributed by atoms with van der Waals surface area (Å²) in [5, 5.41) is 0. The lowest BCUT2D eigenvalue weighted by Crippen LogP contribution is -2.32. The summed E-state index contributed by atoms with van der Waals surface area (Å²) in [4.78, 5) is 7.68. The third-order valence-corrected chi connectivity index (χ3v) is 6.62. The molecular formula is C28H27N3O2S. The third-order valence-electron chi connectivity index (χ3n) is 5.58.